The predicted octanol–water partition coefficient (Wildman–Crippen LogP) is -3.69. The molecular formula is C14H22ClN3O4. The van der Waals surface area contributed by atoms with Crippen molar-refractivity contribution in [2.24, 2.45) is 0 Å². The smallest absolute Gasteiger partial charge is 0.292 e. The van der Waals surface area contributed by atoms with E-state index in [1.165, 1.54) is 11.0 Å². The van der Waals surface area contributed by atoms with Gasteiger partial charge in [0.15, 0.2) is 0 Å². The number of nitro benzene ring substituents is 1. The number of hydrogen-bond acceptors (Lipinski definition) is 5. The Morgan fingerprint density at radius 3 is 2.64 bits per heavy atom. The van der Waals surface area contributed by atoms with Crippen molar-refractivity contribution < 1.29 is 32.1 Å². The molecule has 2 N–H and O–H groups in total. The average Bonchev–Trinajstić information content (AvgIpc) is 2.48. The van der Waals surface area contributed by atoms with Gasteiger partial charge in [0.25, 0.3) is 5.69 Å². The molecule has 8 heteroatoms. The van der Waals surface area contributed by atoms with E-state index in [9.17, 15) is 15.2 Å². The van der Waals surface area contributed by atoms with E-state index in [4.69, 9.17) is 4.74 Å². The zero-order chi connectivity index (χ0) is 15.2. The van der Waals surface area contributed by atoms with Crippen molar-refractivity contribution in [3.8, 4) is 0 Å². The van der Waals surface area contributed by atoms with E-state index in [1.807, 2.05) is 11.0 Å². The molecule has 2 rings (SSSR count). The number of anilines is 1. The maximum atomic E-state index is 11.1. The second-order valence-corrected chi connectivity index (χ2v) is 5.30. The van der Waals surface area contributed by atoms with Crippen LogP contribution in [0.2, 0.25) is 0 Å². The summed E-state index contributed by atoms with van der Waals surface area (Å²) in [6.07, 6.45) is -0.456. The van der Waals surface area contributed by atoms with Crippen LogP contribution in [0, 0.1) is 10.1 Å². The highest BCUT2D eigenvalue weighted by Gasteiger charge is 2.26. The number of hydrogen-bond donors (Lipinski definition) is 2. The van der Waals surface area contributed by atoms with Gasteiger partial charge in [-0.05, 0) is 6.07 Å². The summed E-state index contributed by atoms with van der Waals surface area (Å²) in [5.74, 6) is 0. The lowest BCUT2D eigenvalue weighted by Gasteiger charge is -2.34. The van der Waals surface area contributed by atoms with Crippen LogP contribution in [-0.2, 0) is 4.74 Å². The monoisotopic (exact) mass is 331 g/mol. The third kappa shape index (κ3) is 4.81. The third-order valence-corrected chi connectivity index (χ3v) is 3.77. The highest BCUT2D eigenvalue weighted by atomic mass is 35.5. The first-order valence-electron chi connectivity index (χ1n) is 7.10. The van der Waals surface area contributed by atoms with E-state index in [1.54, 1.807) is 19.2 Å². The number of benzene rings is 1. The lowest BCUT2D eigenvalue weighted by molar-refractivity contribution is -0.903. The van der Waals surface area contributed by atoms with Gasteiger partial charge >= 0.3 is 0 Å². The maximum Gasteiger partial charge on any atom is 0.292 e. The molecule has 0 aliphatic carbocycles. The highest BCUT2D eigenvalue weighted by molar-refractivity contribution is 5.63. The van der Waals surface area contributed by atoms with Gasteiger partial charge in [0.2, 0.25) is 0 Å². The molecule has 1 unspecified atom stereocenters. The van der Waals surface area contributed by atoms with Gasteiger partial charge in [-0.2, -0.15) is 0 Å². The van der Waals surface area contributed by atoms with Crippen LogP contribution in [0.15, 0.2) is 24.3 Å². The highest BCUT2D eigenvalue weighted by Crippen LogP contribution is 2.27. The van der Waals surface area contributed by atoms with Crippen LogP contribution in [0.3, 0.4) is 0 Å². The van der Waals surface area contributed by atoms with Gasteiger partial charge in [-0.25, -0.2) is 0 Å². The van der Waals surface area contributed by atoms with Gasteiger partial charge < -0.3 is 32.1 Å². The lowest BCUT2D eigenvalue weighted by atomic mass is 10.2. The first kappa shape index (κ1) is 18.6. The molecule has 1 saturated heterocycles. The van der Waals surface area contributed by atoms with E-state index < -0.39 is 6.10 Å². The fourth-order valence-electron chi connectivity index (χ4n) is 2.74. The quantitative estimate of drug-likeness (QED) is 0.414. The van der Waals surface area contributed by atoms with Gasteiger partial charge in [-0.3, -0.25) is 10.1 Å². The first-order chi connectivity index (χ1) is 10.1. The number of aliphatic hydroxyl groups is 1. The van der Waals surface area contributed by atoms with Crippen molar-refractivity contribution >= 4 is 11.4 Å². The number of piperazine rings is 1. The summed E-state index contributed by atoms with van der Waals surface area (Å²) >= 11 is 0. The molecule has 0 spiro atoms. The molecule has 0 radical (unpaired) electrons. The van der Waals surface area contributed by atoms with E-state index in [-0.39, 0.29) is 23.0 Å². The second-order valence-electron chi connectivity index (χ2n) is 5.30. The Morgan fingerprint density at radius 1 is 1.41 bits per heavy atom. The molecule has 0 saturated carbocycles. The summed E-state index contributed by atoms with van der Waals surface area (Å²) in [7, 11) is 1.57. The van der Waals surface area contributed by atoms with Crippen LogP contribution in [0.4, 0.5) is 11.4 Å². The molecule has 0 aromatic heterocycles. The Bertz CT molecular complexity index is 481. The van der Waals surface area contributed by atoms with Crippen LogP contribution in [0.25, 0.3) is 0 Å². The number of aliphatic hydroxyl groups excluding tert-OH is 1. The number of para-hydroxylation sites is 2. The summed E-state index contributed by atoms with van der Waals surface area (Å²) in [5, 5.41) is 20.8. The Morgan fingerprint density at radius 2 is 2.05 bits per heavy atom. The molecule has 7 nitrogen and oxygen atoms in total. The van der Waals surface area contributed by atoms with Gasteiger partial charge in [-0.1, -0.05) is 12.1 Å². The summed E-state index contributed by atoms with van der Waals surface area (Å²) < 4.78 is 4.93. The summed E-state index contributed by atoms with van der Waals surface area (Å²) in [5.41, 5.74) is 0.833. The van der Waals surface area contributed by atoms with Gasteiger partial charge in [0.1, 0.15) is 18.3 Å². The van der Waals surface area contributed by atoms with Crippen molar-refractivity contribution in [3.63, 3.8) is 0 Å². The second kappa shape index (κ2) is 8.89. The third-order valence-electron chi connectivity index (χ3n) is 3.77. The minimum Gasteiger partial charge on any atom is -1.00 e. The van der Waals surface area contributed by atoms with Crippen LogP contribution in [0.5, 0.6) is 0 Å². The molecule has 1 aromatic rings. The van der Waals surface area contributed by atoms with E-state index in [2.05, 4.69) is 0 Å². The minimum atomic E-state index is -0.456. The molecule has 0 amide bonds. The molecule has 124 valence electrons. The lowest BCUT2D eigenvalue weighted by Crippen LogP contribution is -3.16. The van der Waals surface area contributed by atoms with Crippen molar-refractivity contribution in [1.82, 2.24) is 0 Å². The molecule has 1 atom stereocenters. The Balaban J connectivity index is 0.00000242. The van der Waals surface area contributed by atoms with Crippen molar-refractivity contribution in [2.75, 3.05) is 51.3 Å². The summed E-state index contributed by atoms with van der Waals surface area (Å²) in [6, 6.07) is 6.84. The maximum absolute atomic E-state index is 11.1. The number of rotatable bonds is 6. The summed E-state index contributed by atoms with van der Waals surface area (Å²) in [4.78, 5) is 14.1. The van der Waals surface area contributed by atoms with Crippen LogP contribution >= 0.6 is 0 Å². The topological polar surface area (TPSA) is 80.3 Å². The number of halogens is 1. The van der Waals surface area contributed by atoms with Crippen LogP contribution < -0.4 is 22.2 Å². The standard InChI is InChI=1S/C14H21N3O4.ClH/c1-21-11-12(18)10-15-6-8-16(9-7-15)13-4-2-3-5-14(13)17(19)20;/h2-5,12,18H,6-11H2,1H3;1H. The zero-order valence-corrected chi connectivity index (χ0v) is 13.3. The zero-order valence-electron chi connectivity index (χ0n) is 12.6. The fourth-order valence-corrected chi connectivity index (χ4v) is 2.74. The van der Waals surface area contributed by atoms with Gasteiger partial charge in [0.05, 0.1) is 37.7 Å². The number of methoxy groups -OCH3 is 1. The summed E-state index contributed by atoms with van der Waals surface area (Å²) in [6.45, 7) is 4.20. The normalized spacial score (nSPS) is 16.9. The molecular weight excluding hydrogens is 310 g/mol. The minimum absolute atomic E-state index is 0. The Labute approximate surface area is 136 Å². The Kier molecular flexibility index (Phi) is 7.53. The molecule has 1 fully saturated rings. The fraction of sp³-hybridized carbons (Fsp3) is 0.571. The van der Waals surface area contributed by atoms with E-state index in [0.717, 1.165) is 26.2 Å². The average molecular weight is 332 g/mol. The number of nitro groups is 1. The van der Waals surface area contributed by atoms with Crippen LogP contribution in [0.1, 0.15) is 0 Å². The molecule has 1 aliphatic heterocycles. The van der Waals surface area contributed by atoms with Crippen LogP contribution in [-0.4, -0.2) is 62.6 Å². The number of ether oxygens (including phenoxy) is 1. The van der Waals surface area contributed by atoms with Gasteiger partial charge in [0, 0.05) is 13.2 Å². The molecule has 1 heterocycles. The van der Waals surface area contributed by atoms with E-state index in [0.29, 0.717) is 18.8 Å². The van der Waals surface area contributed by atoms with Gasteiger partial charge in [-0.15, -0.1) is 0 Å². The Hall–Kier alpha value is -1.41. The van der Waals surface area contributed by atoms with Crippen molar-refractivity contribution in [2.45, 2.75) is 6.10 Å². The predicted molar refractivity (Wildman–Crippen MR) is 78.8 cm³/mol. The first-order valence-corrected chi connectivity index (χ1v) is 7.10. The SMILES string of the molecule is COCC(O)C[NH+]1CCN(c2ccccc2[N+](=O)[O-])CC1.[Cl-]. The van der Waals surface area contributed by atoms with Crippen molar-refractivity contribution in [1.29, 1.82) is 0 Å². The number of nitrogens with zero attached hydrogens (tertiary/aromatic N) is 2. The molecule has 0 bridgehead atoms. The van der Waals surface area contributed by atoms with E-state index >= 15 is 0 Å². The number of quaternary nitrogens is 1. The molecule has 1 aliphatic rings. The number of nitrogens with one attached hydrogen (secondary N) is 1. The molecule has 22 heavy (non-hydrogen) atoms. The van der Waals surface area contributed by atoms with Crippen molar-refractivity contribution in [3.05, 3.63) is 34.4 Å². The molecule has 1 aromatic carbocycles. The largest absolute Gasteiger partial charge is 1.00 e.